The van der Waals surface area contributed by atoms with Crippen molar-refractivity contribution in [1.29, 1.82) is 0 Å². The van der Waals surface area contributed by atoms with Crippen molar-refractivity contribution >= 4 is 33.7 Å². The minimum atomic E-state index is -3.79. The fourth-order valence-electron chi connectivity index (χ4n) is 3.36. The minimum absolute atomic E-state index is 0.0193. The van der Waals surface area contributed by atoms with E-state index in [9.17, 15) is 27.6 Å². The summed E-state index contributed by atoms with van der Waals surface area (Å²) in [5.74, 6) is -2.51. The number of hydrogen-bond acceptors (Lipinski definition) is 7. The second kappa shape index (κ2) is 6.86. The number of benzene rings is 1. The van der Waals surface area contributed by atoms with Gasteiger partial charge in [-0.25, -0.2) is 0 Å². The summed E-state index contributed by atoms with van der Waals surface area (Å²) in [5, 5.41) is 2.13. The van der Waals surface area contributed by atoms with Gasteiger partial charge >= 0.3 is 0 Å². The maximum atomic E-state index is 13.0. The SMILES string of the molecule is CCC(OS(C)(=O)=O)c1cccc2c1C(=O)N(C1CCC(=O)NC1=O)C2=O. The van der Waals surface area contributed by atoms with Gasteiger partial charge in [-0.15, -0.1) is 0 Å². The molecule has 0 bridgehead atoms. The van der Waals surface area contributed by atoms with Gasteiger partial charge in [0.15, 0.2) is 0 Å². The topological polar surface area (TPSA) is 127 Å². The van der Waals surface area contributed by atoms with Crippen LogP contribution in [0.25, 0.3) is 0 Å². The van der Waals surface area contributed by atoms with Crippen molar-refractivity contribution in [3.63, 3.8) is 0 Å². The summed E-state index contributed by atoms with van der Waals surface area (Å²) in [4.78, 5) is 50.0. The van der Waals surface area contributed by atoms with Gasteiger partial charge in [-0.2, -0.15) is 8.42 Å². The predicted molar refractivity (Wildman–Crippen MR) is 92.1 cm³/mol. The van der Waals surface area contributed by atoms with Crippen molar-refractivity contribution in [2.45, 2.75) is 38.3 Å². The van der Waals surface area contributed by atoms with E-state index in [0.717, 1.165) is 11.2 Å². The third-order valence-corrected chi connectivity index (χ3v) is 5.09. The third kappa shape index (κ3) is 3.50. The van der Waals surface area contributed by atoms with Crippen LogP contribution in [-0.4, -0.2) is 49.2 Å². The number of hydrogen-bond donors (Lipinski definition) is 1. The molecule has 1 aromatic rings. The van der Waals surface area contributed by atoms with E-state index < -0.39 is 45.9 Å². The lowest BCUT2D eigenvalue weighted by Gasteiger charge is -2.28. The van der Waals surface area contributed by atoms with Crippen LogP contribution in [-0.2, 0) is 23.9 Å². The Labute approximate surface area is 155 Å². The van der Waals surface area contributed by atoms with E-state index in [1.54, 1.807) is 6.92 Å². The van der Waals surface area contributed by atoms with Crippen LogP contribution in [0.3, 0.4) is 0 Å². The molecule has 10 heteroatoms. The van der Waals surface area contributed by atoms with E-state index in [1.807, 2.05) is 0 Å². The Morgan fingerprint density at radius 1 is 1.22 bits per heavy atom. The maximum absolute atomic E-state index is 13.0. The van der Waals surface area contributed by atoms with E-state index in [4.69, 9.17) is 4.18 Å². The molecule has 1 aromatic carbocycles. The Kier molecular flexibility index (Phi) is 4.87. The van der Waals surface area contributed by atoms with Crippen LogP contribution in [0.5, 0.6) is 0 Å². The smallest absolute Gasteiger partial charge is 0.264 e. The summed E-state index contributed by atoms with van der Waals surface area (Å²) in [6, 6.07) is 3.41. The van der Waals surface area contributed by atoms with Crippen LogP contribution in [0.15, 0.2) is 18.2 Å². The average Bonchev–Trinajstić information content (AvgIpc) is 2.84. The minimum Gasteiger partial charge on any atom is -0.295 e. The molecule has 3 rings (SSSR count). The van der Waals surface area contributed by atoms with Crippen LogP contribution in [0, 0.1) is 0 Å². The summed E-state index contributed by atoms with van der Waals surface area (Å²) in [6.45, 7) is 1.69. The summed E-state index contributed by atoms with van der Waals surface area (Å²) in [6.07, 6.45) is 0.284. The monoisotopic (exact) mass is 394 g/mol. The highest BCUT2D eigenvalue weighted by Gasteiger charge is 2.46. The van der Waals surface area contributed by atoms with Crippen LogP contribution in [0.1, 0.15) is 58.6 Å². The molecule has 9 nitrogen and oxygen atoms in total. The molecule has 1 fully saturated rings. The molecule has 2 heterocycles. The van der Waals surface area contributed by atoms with Crippen molar-refractivity contribution in [2.75, 3.05) is 6.26 Å². The molecule has 0 aliphatic carbocycles. The molecular weight excluding hydrogens is 376 g/mol. The van der Waals surface area contributed by atoms with E-state index in [0.29, 0.717) is 0 Å². The number of amides is 4. The number of piperidine rings is 1. The first-order chi connectivity index (χ1) is 12.6. The molecule has 0 aromatic heterocycles. The lowest BCUT2D eigenvalue weighted by Crippen LogP contribution is -2.54. The highest BCUT2D eigenvalue weighted by Crippen LogP contribution is 2.35. The Morgan fingerprint density at radius 3 is 2.52 bits per heavy atom. The highest BCUT2D eigenvalue weighted by molar-refractivity contribution is 7.86. The summed E-state index contributed by atoms with van der Waals surface area (Å²) >= 11 is 0. The molecule has 2 unspecified atom stereocenters. The van der Waals surface area contributed by atoms with Gasteiger partial charge in [0.1, 0.15) is 12.1 Å². The predicted octanol–water partition coefficient (Wildman–Crippen LogP) is 0.515. The van der Waals surface area contributed by atoms with E-state index in [2.05, 4.69) is 5.32 Å². The zero-order valence-corrected chi connectivity index (χ0v) is 15.5. The number of imide groups is 2. The van der Waals surface area contributed by atoms with Gasteiger partial charge in [0.2, 0.25) is 11.8 Å². The second-order valence-electron chi connectivity index (χ2n) is 6.41. The fraction of sp³-hybridized carbons (Fsp3) is 0.412. The Hall–Kier alpha value is -2.59. The van der Waals surface area contributed by atoms with Crippen molar-refractivity contribution in [3.8, 4) is 0 Å². The molecule has 0 saturated carbocycles. The van der Waals surface area contributed by atoms with Crippen LogP contribution >= 0.6 is 0 Å². The van der Waals surface area contributed by atoms with E-state index in [-0.39, 0.29) is 36.0 Å². The Bertz CT molecular complexity index is 954. The number of nitrogens with zero attached hydrogens (tertiary/aromatic N) is 1. The molecular formula is C17H18N2O7S. The first-order valence-electron chi connectivity index (χ1n) is 8.36. The number of carbonyl (C=O) groups is 4. The first-order valence-corrected chi connectivity index (χ1v) is 10.2. The second-order valence-corrected chi connectivity index (χ2v) is 8.01. The van der Waals surface area contributed by atoms with Gasteiger partial charge in [-0.1, -0.05) is 19.1 Å². The first kappa shape index (κ1) is 19.2. The van der Waals surface area contributed by atoms with E-state index in [1.165, 1.54) is 18.2 Å². The molecule has 0 radical (unpaired) electrons. The lowest BCUT2D eigenvalue weighted by molar-refractivity contribution is -0.136. The molecule has 0 spiro atoms. The molecule has 2 aliphatic heterocycles. The largest absolute Gasteiger partial charge is 0.295 e. The van der Waals surface area contributed by atoms with Crippen LogP contribution < -0.4 is 5.32 Å². The fourth-order valence-corrected chi connectivity index (χ4v) is 4.02. The Morgan fingerprint density at radius 2 is 1.93 bits per heavy atom. The average molecular weight is 394 g/mol. The van der Waals surface area contributed by atoms with Gasteiger partial charge in [-0.05, 0) is 24.5 Å². The molecule has 27 heavy (non-hydrogen) atoms. The zero-order chi connectivity index (χ0) is 19.9. The number of nitrogens with one attached hydrogen (secondary N) is 1. The zero-order valence-electron chi connectivity index (χ0n) is 14.7. The number of fused-ring (bicyclic) bond motifs is 1. The quantitative estimate of drug-likeness (QED) is 0.569. The van der Waals surface area contributed by atoms with E-state index >= 15 is 0 Å². The lowest BCUT2D eigenvalue weighted by atomic mass is 9.97. The third-order valence-electron chi connectivity index (χ3n) is 4.51. The van der Waals surface area contributed by atoms with Crippen LogP contribution in [0.2, 0.25) is 0 Å². The summed E-state index contributed by atoms with van der Waals surface area (Å²) < 4.78 is 28.1. The Balaban J connectivity index is 2.02. The van der Waals surface area contributed by atoms with Gasteiger partial charge in [0, 0.05) is 6.42 Å². The van der Waals surface area contributed by atoms with Gasteiger partial charge in [-0.3, -0.25) is 33.6 Å². The highest BCUT2D eigenvalue weighted by atomic mass is 32.2. The van der Waals surface area contributed by atoms with Crippen molar-refractivity contribution in [1.82, 2.24) is 10.2 Å². The molecule has 1 saturated heterocycles. The summed E-state index contributed by atoms with van der Waals surface area (Å²) in [7, 11) is -3.79. The van der Waals surface area contributed by atoms with Gasteiger partial charge in [0.25, 0.3) is 21.9 Å². The number of carbonyl (C=O) groups excluding carboxylic acids is 4. The normalized spacial score (nSPS) is 21.3. The van der Waals surface area contributed by atoms with Gasteiger partial charge in [0.05, 0.1) is 17.4 Å². The van der Waals surface area contributed by atoms with Crippen molar-refractivity contribution in [3.05, 3.63) is 34.9 Å². The number of rotatable bonds is 5. The van der Waals surface area contributed by atoms with Gasteiger partial charge < -0.3 is 0 Å². The molecule has 1 N–H and O–H groups in total. The van der Waals surface area contributed by atoms with Crippen molar-refractivity contribution in [2.24, 2.45) is 0 Å². The molecule has 144 valence electrons. The maximum Gasteiger partial charge on any atom is 0.264 e. The molecule has 2 atom stereocenters. The summed E-state index contributed by atoms with van der Waals surface area (Å²) in [5.41, 5.74) is 0.383. The molecule has 4 amide bonds. The molecule has 2 aliphatic rings. The standard InChI is InChI=1S/C17H18N2O7S/c1-3-12(26-27(2,24)25)9-5-4-6-10-14(9)17(23)19(16(10)22)11-7-8-13(20)18-15(11)21/h4-6,11-12H,3,7-8H2,1-2H3,(H,18,20,21). The van der Waals surface area contributed by atoms with Crippen molar-refractivity contribution < 1.29 is 31.8 Å². The van der Waals surface area contributed by atoms with Crippen LogP contribution in [0.4, 0.5) is 0 Å².